The first kappa shape index (κ1) is 19.7. The van der Waals surface area contributed by atoms with Crippen LogP contribution in [0.1, 0.15) is 16.5 Å². The Morgan fingerprint density at radius 1 is 1.08 bits per heavy atom. The molecule has 2 rings (SSSR count). The number of methoxy groups -OCH3 is 1. The highest BCUT2D eigenvalue weighted by molar-refractivity contribution is 7.89. The number of hydrogen-bond donors (Lipinski definition) is 1. The van der Waals surface area contributed by atoms with Crippen LogP contribution < -0.4 is 4.72 Å². The van der Waals surface area contributed by atoms with Crippen molar-refractivity contribution in [3.63, 3.8) is 0 Å². The summed E-state index contributed by atoms with van der Waals surface area (Å²) in [6.45, 7) is 1.84. The van der Waals surface area contributed by atoms with E-state index in [9.17, 15) is 13.2 Å². The summed E-state index contributed by atoms with van der Waals surface area (Å²) in [6.07, 6.45) is 0. The van der Waals surface area contributed by atoms with Crippen LogP contribution in [0.15, 0.2) is 53.4 Å². The van der Waals surface area contributed by atoms with Crippen LogP contribution in [0.4, 0.5) is 0 Å². The molecule has 0 aliphatic heterocycles. The Balaban J connectivity index is 2.32. The van der Waals surface area contributed by atoms with Crippen molar-refractivity contribution >= 4 is 39.2 Å². The van der Waals surface area contributed by atoms with Gasteiger partial charge in [0, 0.05) is 5.02 Å². The van der Waals surface area contributed by atoms with E-state index in [0.717, 1.165) is 5.56 Å². The van der Waals surface area contributed by atoms with Gasteiger partial charge in [0.25, 0.3) is 0 Å². The molecule has 0 spiro atoms. The van der Waals surface area contributed by atoms with E-state index in [2.05, 4.69) is 4.72 Å². The fourth-order valence-electron chi connectivity index (χ4n) is 2.15. The molecule has 25 heavy (non-hydrogen) atoms. The smallest absolute Gasteiger partial charge is 0.325 e. The van der Waals surface area contributed by atoms with Gasteiger partial charge in [-0.05, 0) is 36.8 Å². The maximum atomic E-state index is 12.6. The van der Waals surface area contributed by atoms with Gasteiger partial charge in [-0.2, -0.15) is 4.72 Å². The highest BCUT2D eigenvalue weighted by Gasteiger charge is 2.33. The monoisotopic (exact) mass is 401 g/mol. The number of hydrogen-bond acceptors (Lipinski definition) is 4. The maximum absolute atomic E-state index is 12.6. The zero-order chi connectivity index (χ0) is 18.6. The van der Waals surface area contributed by atoms with Crippen LogP contribution in [0, 0.1) is 6.92 Å². The van der Waals surface area contributed by atoms with E-state index in [4.69, 9.17) is 27.9 Å². The second-order valence-electron chi connectivity index (χ2n) is 5.39. The highest BCUT2D eigenvalue weighted by Crippen LogP contribution is 2.27. The summed E-state index contributed by atoms with van der Waals surface area (Å²) in [6, 6.07) is 11.4. The fourth-order valence-corrected chi connectivity index (χ4v) is 3.86. The zero-order valence-electron chi connectivity index (χ0n) is 13.6. The van der Waals surface area contributed by atoms with Crippen LogP contribution in [-0.2, 0) is 19.6 Å². The number of nitrogens with one attached hydrogen (secondary N) is 1. The molecule has 0 amide bonds. The third kappa shape index (κ3) is 4.95. The molecule has 0 heterocycles. The van der Waals surface area contributed by atoms with Crippen LogP contribution in [-0.4, -0.2) is 27.5 Å². The summed E-state index contributed by atoms with van der Waals surface area (Å²) >= 11 is 12.2. The molecular formula is C17H17Cl2NO4S. The van der Waals surface area contributed by atoms with Crippen molar-refractivity contribution in [1.29, 1.82) is 0 Å². The van der Waals surface area contributed by atoms with Gasteiger partial charge in [0.15, 0.2) is 0 Å². The van der Waals surface area contributed by atoms with E-state index in [1.54, 1.807) is 36.4 Å². The van der Waals surface area contributed by atoms with Crippen molar-refractivity contribution in [2.24, 2.45) is 0 Å². The molecule has 0 aliphatic rings. The number of halogens is 2. The summed E-state index contributed by atoms with van der Waals surface area (Å²) < 4.78 is 32.2. The number of esters is 1. The van der Waals surface area contributed by atoms with Gasteiger partial charge in [-0.1, -0.05) is 41.4 Å². The molecule has 0 bridgehead atoms. The largest absolute Gasteiger partial charge is 0.468 e. The first-order valence-electron chi connectivity index (χ1n) is 7.31. The van der Waals surface area contributed by atoms with Crippen LogP contribution >= 0.6 is 23.2 Å². The molecule has 0 fully saturated rings. The molecule has 0 unspecified atom stereocenters. The average Bonchev–Trinajstić information content (AvgIpc) is 2.59. The molecule has 1 N–H and O–H groups in total. The van der Waals surface area contributed by atoms with Gasteiger partial charge in [-0.15, -0.1) is 11.6 Å². The van der Waals surface area contributed by atoms with Crippen molar-refractivity contribution in [2.45, 2.75) is 23.2 Å². The fraction of sp³-hybridized carbons (Fsp3) is 0.235. The van der Waals surface area contributed by atoms with E-state index >= 15 is 0 Å². The van der Waals surface area contributed by atoms with Gasteiger partial charge in [0.1, 0.15) is 6.04 Å². The molecule has 2 aromatic carbocycles. The number of sulfonamides is 1. The second-order valence-corrected chi connectivity index (χ2v) is 8.01. The normalized spacial score (nSPS) is 13.9. The van der Waals surface area contributed by atoms with Crippen LogP contribution in [0.5, 0.6) is 0 Å². The van der Waals surface area contributed by atoms with Crippen LogP contribution in [0.25, 0.3) is 0 Å². The Morgan fingerprint density at radius 3 is 2.16 bits per heavy atom. The third-order valence-electron chi connectivity index (χ3n) is 3.55. The quantitative estimate of drug-likeness (QED) is 0.594. The summed E-state index contributed by atoms with van der Waals surface area (Å²) in [4.78, 5) is 12.1. The molecule has 0 saturated heterocycles. The van der Waals surface area contributed by atoms with Gasteiger partial charge < -0.3 is 4.74 Å². The predicted molar refractivity (Wildman–Crippen MR) is 97.4 cm³/mol. The van der Waals surface area contributed by atoms with Gasteiger partial charge in [-0.25, -0.2) is 8.42 Å². The Labute approximate surface area is 157 Å². The number of carbonyl (C=O) groups excluding carboxylic acids is 1. The first-order chi connectivity index (χ1) is 11.7. The maximum Gasteiger partial charge on any atom is 0.325 e. The minimum absolute atomic E-state index is 0.0342. The second kappa shape index (κ2) is 8.19. The molecule has 2 aromatic rings. The Hall–Kier alpha value is -1.60. The minimum atomic E-state index is -3.95. The highest BCUT2D eigenvalue weighted by atomic mass is 35.5. The van der Waals surface area contributed by atoms with Gasteiger partial charge >= 0.3 is 5.97 Å². The molecule has 5 nitrogen and oxygen atoms in total. The summed E-state index contributed by atoms with van der Waals surface area (Å²) in [5.41, 5.74) is 1.45. The van der Waals surface area contributed by atoms with Crippen molar-refractivity contribution in [3.8, 4) is 0 Å². The summed E-state index contributed by atoms with van der Waals surface area (Å²) in [7, 11) is -2.79. The number of carbonyl (C=O) groups is 1. The standard InChI is InChI=1S/C17H17Cl2NO4S/c1-11-3-9-14(10-4-11)25(22,23)20-16(17(21)24-2)15(19)12-5-7-13(18)8-6-12/h3-10,15-16,20H,1-2H3/t15-,16-/m0/s1. The molecule has 134 valence electrons. The van der Waals surface area contributed by atoms with E-state index in [1.807, 2.05) is 6.92 Å². The van der Waals surface area contributed by atoms with E-state index in [0.29, 0.717) is 10.6 Å². The topological polar surface area (TPSA) is 72.5 Å². The molecular weight excluding hydrogens is 385 g/mol. The minimum Gasteiger partial charge on any atom is -0.468 e. The number of alkyl halides is 1. The van der Waals surface area contributed by atoms with Crippen molar-refractivity contribution in [2.75, 3.05) is 7.11 Å². The van der Waals surface area contributed by atoms with E-state index in [-0.39, 0.29) is 4.90 Å². The average molecular weight is 402 g/mol. The van der Waals surface area contributed by atoms with E-state index in [1.165, 1.54) is 19.2 Å². The SMILES string of the molecule is COC(=O)[C@@H](NS(=O)(=O)c1ccc(C)cc1)[C@@H](Cl)c1ccc(Cl)cc1. The lowest BCUT2D eigenvalue weighted by Gasteiger charge is -2.21. The Kier molecular flexibility index (Phi) is 6.46. The summed E-state index contributed by atoms with van der Waals surface area (Å²) in [5.74, 6) is -0.786. The molecule has 0 aliphatic carbocycles. The molecule has 2 atom stereocenters. The number of aryl methyl sites for hydroxylation is 1. The van der Waals surface area contributed by atoms with E-state index < -0.39 is 27.4 Å². The van der Waals surface area contributed by atoms with Crippen molar-refractivity contribution in [3.05, 3.63) is 64.7 Å². The molecule has 0 aromatic heterocycles. The molecule has 8 heteroatoms. The van der Waals surface area contributed by atoms with Gasteiger partial charge in [-0.3, -0.25) is 4.79 Å². The molecule has 0 saturated carbocycles. The zero-order valence-corrected chi connectivity index (χ0v) is 15.9. The van der Waals surface area contributed by atoms with Crippen molar-refractivity contribution in [1.82, 2.24) is 4.72 Å². The lowest BCUT2D eigenvalue weighted by atomic mass is 10.1. The van der Waals surface area contributed by atoms with Crippen LogP contribution in [0.2, 0.25) is 5.02 Å². The first-order valence-corrected chi connectivity index (χ1v) is 9.60. The number of ether oxygens (including phenoxy) is 1. The third-order valence-corrected chi connectivity index (χ3v) is 5.76. The van der Waals surface area contributed by atoms with Crippen LogP contribution in [0.3, 0.4) is 0 Å². The molecule has 0 radical (unpaired) electrons. The lowest BCUT2D eigenvalue weighted by Crippen LogP contribution is -2.44. The Bertz CT molecular complexity index is 836. The predicted octanol–water partition coefficient (Wildman–Crippen LogP) is 3.45. The van der Waals surface area contributed by atoms with Gasteiger partial charge in [0.05, 0.1) is 17.4 Å². The lowest BCUT2D eigenvalue weighted by molar-refractivity contribution is -0.142. The Morgan fingerprint density at radius 2 is 1.64 bits per heavy atom. The van der Waals surface area contributed by atoms with Crippen molar-refractivity contribution < 1.29 is 17.9 Å². The summed E-state index contributed by atoms with van der Waals surface area (Å²) in [5, 5.41) is -0.465. The number of rotatable bonds is 6. The number of benzene rings is 2. The van der Waals surface area contributed by atoms with Gasteiger partial charge in [0.2, 0.25) is 10.0 Å².